The molecule has 0 radical (unpaired) electrons. The Morgan fingerprint density at radius 1 is 1.00 bits per heavy atom. The van der Waals surface area contributed by atoms with Crippen LogP contribution in [0.5, 0.6) is 0 Å². The molecule has 2 rings (SSSR count). The molecule has 0 aromatic rings. The zero-order valence-corrected chi connectivity index (χ0v) is 20.2. The molecule has 6 atom stereocenters. The number of alkyl halides is 4. The summed E-state index contributed by atoms with van der Waals surface area (Å²) in [5.74, 6) is 1.45. The van der Waals surface area contributed by atoms with Crippen LogP contribution in [0.3, 0.4) is 0 Å². The number of hydrogen-bond acceptors (Lipinski definition) is 2. The van der Waals surface area contributed by atoms with E-state index in [1.54, 1.807) is 0 Å². The molecule has 146 valence electrons. The van der Waals surface area contributed by atoms with Crippen LogP contribution in [0.1, 0.15) is 78.6 Å². The second-order valence-electron chi connectivity index (χ2n) is 8.03. The van der Waals surface area contributed by atoms with E-state index in [2.05, 4.69) is 20.8 Å². The van der Waals surface area contributed by atoms with Gasteiger partial charge in [0.1, 0.15) is 0 Å². The summed E-state index contributed by atoms with van der Waals surface area (Å²) in [4.78, 5) is 0. The molecular weight excluding hydrogens is 526 g/mol. The van der Waals surface area contributed by atoms with Gasteiger partial charge in [-0.2, -0.15) is 0 Å². The van der Waals surface area contributed by atoms with Crippen molar-refractivity contribution in [1.29, 1.82) is 0 Å². The van der Waals surface area contributed by atoms with Gasteiger partial charge in [-0.25, -0.2) is 0 Å². The first-order valence-corrected chi connectivity index (χ1v) is 15.0. The predicted molar refractivity (Wildman–Crippen MR) is 93.7 cm³/mol. The molecule has 24 heavy (non-hydrogen) atoms. The topological polar surface area (TPSA) is 29.5 Å². The van der Waals surface area contributed by atoms with Gasteiger partial charge in [-0.15, -0.1) is 0 Å². The Labute approximate surface area is 170 Å². The van der Waals surface area contributed by atoms with E-state index in [1.165, 1.54) is 57.8 Å². The van der Waals surface area contributed by atoms with Crippen LogP contribution in [0.15, 0.2) is 0 Å². The van der Waals surface area contributed by atoms with Gasteiger partial charge in [-0.3, -0.25) is 0 Å². The van der Waals surface area contributed by atoms with Crippen molar-refractivity contribution in [2.75, 3.05) is 13.2 Å². The fourth-order valence-electron chi connectivity index (χ4n) is 3.61. The molecule has 0 bridgehead atoms. The first kappa shape index (κ1) is 21.7. The summed E-state index contributed by atoms with van der Waals surface area (Å²) in [6.45, 7) is 8.44. The Kier molecular flexibility index (Phi) is 10.8. The monoisotopic (exact) mass is 564 g/mol. The summed E-state index contributed by atoms with van der Waals surface area (Å²) >= 11 is 0.508. The van der Waals surface area contributed by atoms with E-state index < -0.39 is 0 Å². The maximum atomic E-state index is 9.15. The Bertz CT molecular complexity index is 332. The molecule has 0 aromatic heterocycles. The predicted octanol–water partition coefficient (Wildman–Crippen LogP) is -1.56. The van der Waals surface area contributed by atoms with E-state index in [1.807, 2.05) is 0 Å². The number of aliphatic hydroxyl groups is 1. The first-order valence-electron chi connectivity index (χ1n) is 10.0. The fourth-order valence-corrected chi connectivity index (χ4v) is 10.9. The SMILES string of the molecule is CC(CO)CCC(C)[I-]C1CCC([I-]C2CCCC(C)CC2)CO1. The Morgan fingerprint density at radius 3 is 2.50 bits per heavy atom. The third-order valence-corrected chi connectivity index (χ3v) is 13.3. The molecule has 4 heteroatoms. The number of aliphatic hydroxyl groups excluding tert-OH is 1. The van der Waals surface area contributed by atoms with E-state index >= 15 is 0 Å². The van der Waals surface area contributed by atoms with Crippen LogP contribution in [0, 0.1) is 11.8 Å². The molecule has 6 unspecified atom stereocenters. The second kappa shape index (κ2) is 12.0. The molecule has 1 N–H and O–H groups in total. The molecule has 2 aliphatic rings. The van der Waals surface area contributed by atoms with Gasteiger partial charge < -0.3 is 0 Å². The van der Waals surface area contributed by atoms with Crippen molar-refractivity contribution < 1.29 is 52.3 Å². The van der Waals surface area contributed by atoms with Crippen molar-refractivity contribution in [3.63, 3.8) is 0 Å². The third-order valence-electron chi connectivity index (χ3n) is 5.43. The summed E-state index contributed by atoms with van der Waals surface area (Å²) in [5.41, 5.74) is 0. The Hall–Kier alpha value is 1.38. The minimum atomic E-state index is 0.161. The summed E-state index contributed by atoms with van der Waals surface area (Å²) in [5, 5.41) is 9.15. The van der Waals surface area contributed by atoms with Gasteiger partial charge in [0.15, 0.2) is 0 Å². The van der Waals surface area contributed by atoms with Gasteiger partial charge in [0.05, 0.1) is 0 Å². The number of hydrogen-bond donors (Lipinski definition) is 1. The third kappa shape index (κ3) is 8.38. The van der Waals surface area contributed by atoms with E-state index in [9.17, 15) is 0 Å². The van der Waals surface area contributed by atoms with Crippen molar-refractivity contribution in [3.8, 4) is 0 Å². The van der Waals surface area contributed by atoms with Crippen LogP contribution in [-0.4, -0.2) is 34.2 Å². The van der Waals surface area contributed by atoms with Gasteiger partial charge in [-0.05, 0) is 0 Å². The summed E-state index contributed by atoms with van der Waals surface area (Å²) < 4.78 is 9.82. The van der Waals surface area contributed by atoms with Gasteiger partial charge in [0.25, 0.3) is 0 Å². The molecule has 2 nitrogen and oxygen atoms in total. The van der Waals surface area contributed by atoms with Gasteiger partial charge in [0.2, 0.25) is 0 Å². The van der Waals surface area contributed by atoms with Crippen LogP contribution >= 0.6 is 0 Å². The van der Waals surface area contributed by atoms with E-state index in [0.29, 0.717) is 37.8 Å². The van der Waals surface area contributed by atoms with Gasteiger partial charge in [-0.1, -0.05) is 0 Å². The van der Waals surface area contributed by atoms with Crippen molar-refractivity contribution in [1.82, 2.24) is 0 Å². The molecule has 0 amide bonds. The Balaban J connectivity index is 1.60. The number of ether oxygens (including phenoxy) is 1. The van der Waals surface area contributed by atoms with Crippen molar-refractivity contribution in [3.05, 3.63) is 0 Å². The van der Waals surface area contributed by atoms with Crippen LogP contribution in [0.25, 0.3) is 0 Å². The molecule has 1 aliphatic heterocycles. The molecule has 1 saturated heterocycles. The van der Waals surface area contributed by atoms with Crippen molar-refractivity contribution in [2.24, 2.45) is 11.8 Å². The molecule has 1 aliphatic carbocycles. The molecular formula is C20H38I2O2-2. The standard InChI is InChI=1S/C20H38I2O2/c1-15-5-4-6-18(10-8-15)22-19-11-12-20(24-14-19)21-17(3)9-7-16(2)13-23/h15-20,23H,4-14H2,1-3H3/q-2. The quantitative estimate of drug-likeness (QED) is 0.220. The normalized spacial score (nSPS) is 34.8. The van der Waals surface area contributed by atoms with Gasteiger partial charge >= 0.3 is 172 Å². The molecule has 1 heterocycles. The average Bonchev–Trinajstić information content (AvgIpc) is 2.79. The Morgan fingerprint density at radius 2 is 1.79 bits per heavy atom. The molecule has 1 saturated carbocycles. The molecule has 0 aromatic carbocycles. The zero-order valence-electron chi connectivity index (χ0n) is 15.9. The number of halogens is 2. The van der Waals surface area contributed by atoms with Crippen LogP contribution < -0.4 is 42.4 Å². The molecule has 0 spiro atoms. The first-order chi connectivity index (χ1) is 11.6. The van der Waals surface area contributed by atoms with E-state index in [-0.39, 0.29) is 21.2 Å². The van der Waals surface area contributed by atoms with E-state index in [4.69, 9.17) is 9.84 Å². The molecule has 2 fully saturated rings. The number of rotatable bonds is 8. The van der Waals surface area contributed by atoms with Crippen molar-refractivity contribution in [2.45, 2.75) is 94.4 Å². The van der Waals surface area contributed by atoms with Gasteiger partial charge in [0, 0.05) is 0 Å². The van der Waals surface area contributed by atoms with Crippen LogP contribution in [0.4, 0.5) is 0 Å². The average molecular weight is 564 g/mol. The zero-order chi connectivity index (χ0) is 17.4. The maximum absolute atomic E-state index is 9.15. The van der Waals surface area contributed by atoms with Crippen molar-refractivity contribution >= 4 is 0 Å². The second-order valence-corrected chi connectivity index (χ2v) is 16.5. The minimum absolute atomic E-state index is 0.161. The van der Waals surface area contributed by atoms with E-state index in [0.717, 1.165) is 24.3 Å². The van der Waals surface area contributed by atoms with Crippen LogP contribution in [0.2, 0.25) is 0 Å². The fraction of sp³-hybridized carbons (Fsp3) is 1.00. The van der Waals surface area contributed by atoms with Crippen LogP contribution in [-0.2, 0) is 4.74 Å². The summed E-state index contributed by atoms with van der Waals surface area (Å²) in [7, 11) is 0. The summed E-state index contributed by atoms with van der Waals surface area (Å²) in [6.07, 6.45) is 12.7. The summed E-state index contributed by atoms with van der Waals surface area (Å²) in [6, 6.07) is 0.